The number of methoxy groups -OCH3 is 2. The van der Waals surface area contributed by atoms with E-state index in [-0.39, 0.29) is 15.6 Å². The first kappa shape index (κ1) is 43.3. The fraction of sp³-hybridized carbons (Fsp3) is 0.300. The molecule has 2 saturated heterocycles. The summed E-state index contributed by atoms with van der Waals surface area (Å²) in [7, 11) is -3.97. The van der Waals surface area contributed by atoms with Crippen LogP contribution in [0.15, 0.2) is 107 Å². The first-order valence-corrected chi connectivity index (χ1v) is 23.6. The number of piperazine rings is 2. The van der Waals surface area contributed by atoms with Gasteiger partial charge < -0.3 is 19.3 Å². The Labute approximate surface area is 362 Å². The van der Waals surface area contributed by atoms with Crippen LogP contribution in [0.1, 0.15) is 22.8 Å². The highest BCUT2D eigenvalue weighted by Crippen LogP contribution is 2.27. The lowest BCUT2D eigenvalue weighted by Crippen LogP contribution is -2.48. The fourth-order valence-corrected chi connectivity index (χ4v) is 10.9. The van der Waals surface area contributed by atoms with Crippen molar-refractivity contribution in [2.75, 3.05) is 76.4 Å². The number of hydrogen-bond donors (Lipinski definition) is 0. The number of ether oxygens (including phenoxy) is 2. The van der Waals surface area contributed by atoms with E-state index in [1.54, 1.807) is 74.9 Å². The summed E-state index contributed by atoms with van der Waals surface area (Å²) in [5.74, 6) is 2.41. The van der Waals surface area contributed by atoms with Gasteiger partial charge in [-0.05, 0) is 83.9 Å². The van der Waals surface area contributed by atoms with E-state index in [9.17, 15) is 21.2 Å². The van der Waals surface area contributed by atoms with Crippen LogP contribution >= 0.6 is 34.7 Å². The summed E-state index contributed by atoms with van der Waals surface area (Å²) in [6, 6.07) is 26.8. The molecule has 0 atom stereocenters. The van der Waals surface area contributed by atoms with Gasteiger partial charge in [0.25, 0.3) is 0 Å². The second kappa shape index (κ2) is 19.3. The molecule has 2 aliphatic rings. The van der Waals surface area contributed by atoms with E-state index in [4.69, 9.17) is 21.1 Å². The number of rotatable bonds is 12. The molecule has 2 aromatic heterocycles. The zero-order valence-electron chi connectivity index (χ0n) is 32.7. The van der Waals surface area contributed by atoms with E-state index in [0.717, 1.165) is 27.2 Å². The molecule has 0 aliphatic carbocycles. The first-order chi connectivity index (χ1) is 28.9. The predicted octanol–water partition coefficient (Wildman–Crippen LogP) is 6.09. The van der Waals surface area contributed by atoms with Gasteiger partial charge in [0.05, 0.1) is 24.0 Å². The monoisotopic (exact) mass is 912 g/mol. The molecule has 2 aliphatic heterocycles. The average molecular weight is 914 g/mol. The van der Waals surface area contributed by atoms with Gasteiger partial charge in [-0.2, -0.15) is 17.4 Å². The van der Waals surface area contributed by atoms with Gasteiger partial charge in [-0.15, -0.1) is 0 Å². The van der Waals surface area contributed by atoms with Crippen LogP contribution in [0.2, 0.25) is 5.02 Å². The van der Waals surface area contributed by atoms with Gasteiger partial charge in [-0.25, -0.2) is 31.2 Å². The number of anilines is 2. The lowest BCUT2D eigenvalue weighted by Gasteiger charge is -2.33. The van der Waals surface area contributed by atoms with Gasteiger partial charge in [0.15, 0.2) is 0 Å². The van der Waals surface area contributed by atoms with Crippen LogP contribution in [0.3, 0.4) is 0 Å². The molecule has 316 valence electrons. The molecular formula is C40H42ClFN8O6S4. The van der Waals surface area contributed by atoms with Gasteiger partial charge in [0.1, 0.15) is 29.0 Å². The number of benzene rings is 4. The zero-order valence-corrected chi connectivity index (χ0v) is 36.7. The summed E-state index contributed by atoms with van der Waals surface area (Å²) in [5, 5.41) is 2.29. The Bertz CT molecular complexity index is 2370. The summed E-state index contributed by atoms with van der Waals surface area (Å²) in [4.78, 5) is 13.9. The van der Waals surface area contributed by atoms with E-state index >= 15 is 0 Å². The molecular weight excluding hydrogens is 871 g/mol. The van der Waals surface area contributed by atoms with Crippen molar-refractivity contribution in [3.8, 4) is 11.5 Å². The van der Waals surface area contributed by atoms with Gasteiger partial charge >= 0.3 is 0 Å². The molecule has 6 aromatic rings. The Morgan fingerprint density at radius 1 is 0.567 bits per heavy atom. The Hall–Kier alpha value is -4.76. The molecule has 8 rings (SSSR count). The van der Waals surface area contributed by atoms with Crippen molar-refractivity contribution in [2.45, 2.75) is 22.6 Å². The van der Waals surface area contributed by atoms with Crippen LogP contribution in [0.5, 0.6) is 11.5 Å². The maximum atomic E-state index is 13.0. The van der Waals surface area contributed by atoms with Gasteiger partial charge in [-0.1, -0.05) is 35.9 Å². The summed E-state index contributed by atoms with van der Waals surface area (Å²) in [6.45, 7) is 3.79. The zero-order chi connectivity index (χ0) is 42.3. The van der Waals surface area contributed by atoms with Crippen LogP contribution < -0.4 is 19.3 Å². The minimum atomic E-state index is -3.54. The summed E-state index contributed by atoms with van der Waals surface area (Å²) >= 11 is 8.57. The molecule has 60 heavy (non-hydrogen) atoms. The molecule has 4 heterocycles. The first-order valence-electron chi connectivity index (χ1n) is 18.8. The van der Waals surface area contributed by atoms with Crippen LogP contribution in [0, 0.1) is 5.82 Å². The van der Waals surface area contributed by atoms with Crippen molar-refractivity contribution in [2.24, 2.45) is 0 Å². The maximum absolute atomic E-state index is 13.0. The maximum Gasteiger partial charge on any atom is 0.243 e. The highest BCUT2D eigenvalue weighted by Gasteiger charge is 2.31. The smallest absolute Gasteiger partial charge is 0.243 e. The third kappa shape index (κ3) is 10.6. The molecule has 14 nitrogen and oxygen atoms in total. The van der Waals surface area contributed by atoms with E-state index < -0.39 is 20.0 Å². The van der Waals surface area contributed by atoms with E-state index in [2.05, 4.69) is 23.6 Å². The molecule has 0 unspecified atom stereocenters. The van der Waals surface area contributed by atoms with Gasteiger partial charge in [0, 0.05) is 93.3 Å². The summed E-state index contributed by atoms with van der Waals surface area (Å²) < 4.78 is 86.6. The third-order valence-corrected chi connectivity index (χ3v) is 15.6. The third-order valence-electron chi connectivity index (χ3n) is 9.88. The van der Waals surface area contributed by atoms with E-state index in [1.807, 2.05) is 29.2 Å². The van der Waals surface area contributed by atoms with Crippen molar-refractivity contribution in [1.29, 1.82) is 0 Å². The minimum Gasteiger partial charge on any atom is -0.497 e. The number of hydrogen-bond acceptors (Lipinski definition) is 14. The predicted molar refractivity (Wildman–Crippen MR) is 231 cm³/mol. The average Bonchev–Trinajstić information content (AvgIpc) is 3.96. The van der Waals surface area contributed by atoms with E-state index in [0.29, 0.717) is 87.5 Å². The second-order valence-corrected chi connectivity index (χ2v) is 19.5. The van der Waals surface area contributed by atoms with Crippen molar-refractivity contribution in [1.82, 2.24) is 27.3 Å². The number of sulfonamides is 2. The van der Waals surface area contributed by atoms with Crippen molar-refractivity contribution in [3.05, 3.63) is 131 Å². The second-order valence-electron chi connectivity index (χ2n) is 13.7. The Kier molecular flexibility index (Phi) is 13.9. The lowest BCUT2D eigenvalue weighted by molar-refractivity contribution is 0.384. The van der Waals surface area contributed by atoms with Crippen molar-refractivity contribution in [3.63, 3.8) is 0 Å². The number of aromatic nitrogens is 4. The van der Waals surface area contributed by atoms with Gasteiger partial charge in [-0.3, -0.25) is 0 Å². The van der Waals surface area contributed by atoms with Crippen LogP contribution in [0.4, 0.5) is 14.7 Å². The number of halogens is 2. The molecule has 0 spiro atoms. The fourth-order valence-electron chi connectivity index (χ4n) is 6.49. The lowest BCUT2D eigenvalue weighted by atomic mass is 10.1. The Morgan fingerprint density at radius 2 is 0.933 bits per heavy atom. The van der Waals surface area contributed by atoms with Crippen LogP contribution in [0.25, 0.3) is 0 Å². The number of nitrogens with zero attached hydrogens (tertiary/aromatic N) is 8. The molecule has 0 radical (unpaired) electrons. The van der Waals surface area contributed by atoms with Crippen LogP contribution in [-0.4, -0.2) is 111 Å². The minimum absolute atomic E-state index is 0.259. The van der Waals surface area contributed by atoms with Crippen molar-refractivity contribution < 1.29 is 30.7 Å². The van der Waals surface area contributed by atoms with E-state index in [1.165, 1.54) is 43.8 Å². The largest absolute Gasteiger partial charge is 0.497 e. The SMILES string of the molecule is COc1ccc(S(=O)(=O)N2CCN(c3nc(Cc4ccc(Cl)cc4)ns3)CC2)cc1.COc1ccc(S(=O)(=O)N2CCN(c3nc(Cc4ccc(F)cc4)ns3)CC2)cc1. The Morgan fingerprint density at radius 3 is 1.30 bits per heavy atom. The molecule has 0 bridgehead atoms. The highest BCUT2D eigenvalue weighted by molar-refractivity contribution is 7.89. The summed E-state index contributed by atoms with van der Waals surface area (Å²) in [6.07, 6.45) is 1.17. The highest BCUT2D eigenvalue weighted by atomic mass is 35.5. The molecule has 0 amide bonds. The topological polar surface area (TPSA) is 151 Å². The standard InChI is InChI=1S/C20H21ClN4O3S2.C20H21FN4O3S2/c2*1-28-17-6-8-18(9-7-17)30(26,27)25-12-10-24(11-13-25)20-22-19(23-29-20)14-15-2-4-16(21)5-3-15/h2*2-9H,10-14H2,1H3. The van der Waals surface area contributed by atoms with Crippen molar-refractivity contribution >= 4 is 65.0 Å². The normalized spacial score (nSPS) is 15.3. The summed E-state index contributed by atoms with van der Waals surface area (Å²) in [5.41, 5.74) is 2.04. The Balaban J connectivity index is 0.000000181. The molecule has 20 heteroatoms. The van der Waals surface area contributed by atoms with Gasteiger partial charge in [0.2, 0.25) is 30.3 Å². The van der Waals surface area contributed by atoms with Crippen LogP contribution in [-0.2, 0) is 32.9 Å². The molecule has 0 N–H and O–H groups in total. The molecule has 0 saturated carbocycles. The molecule has 2 fully saturated rings. The molecule has 4 aromatic carbocycles. The quantitative estimate of drug-likeness (QED) is 0.140.